The second-order valence-corrected chi connectivity index (χ2v) is 8.61. The number of amides is 3. The van der Waals surface area contributed by atoms with Crippen molar-refractivity contribution in [3.63, 3.8) is 0 Å². The fourth-order valence-electron chi connectivity index (χ4n) is 4.31. The molecular weight excluding hydrogens is 342 g/mol. The van der Waals surface area contributed by atoms with Crippen molar-refractivity contribution in [1.82, 2.24) is 19.6 Å². The number of rotatable bonds is 6. The number of hydrogen-bond acceptors (Lipinski definition) is 3. The minimum absolute atomic E-state index is 0.147. The van der Waals surface area contributed by atoms with Gasteiger partial charge in [0.25, 0.3) is 0 Å². The van der Waals surface area contributed by atoms with Crippen LogP contribution < -0.4 is 5.32 Å². The summed E-state index contributed by atoms with van der Waals surface area (Å²) in [5.41, 5.74) is 0.891. The van der Waals surface area contributed by atoms with Crippen molar-refractivity contribution in [3.8, 4) is 0 Å². The molecule has 0 bridgehead atoms. The van der Waals surface area contributed by atoms with Gasteiger partial charge in [-0.25, -0.2) is 9.48 Å². The normalized spacial score (nSPS) is 20.7. The summed E-state index contributed by atoms with van der Waals surface area (Å²) in [5.74, 6) is 1.65. The third-order valence-electron chi connectivity index (χ3n) is 5.56. The van der Waals surface area contributed by atoms with Crippen molar-refractivity contribution in [2.75, 3.05) is 25.5 Å². The van der Waals surface area contributed by atoms with Gasteiger partial charge in [0.15, 0.2) is 0 Å². The van der Waals surface area contributed by atoms with E-state index in [-0.39, 0.29) is 17.9 Å². The molecule has 1 aliphatic carbocycles. The van der Waals surface area contributed by atoms with E-state index in [1.807, 2.05) is 17.7 Å². The number of nitrogens with one attached hydrogen (secondary N) is 1. The third-order valence-corrected chi connectivity index (χ3v) is 5.56. The van der Waals surface area contributed by atoms with E-state index in [4.69, 9.17) is 0 Å². The Balaban J connectivity index is 1.54. The summed E-state index contributed by atoms with van der Waals surface area (Å²) in [6.07, 6.45) is 5.27. The second kappa shape index (κ2) is 8.31. The molecule has 3 rings (SSSR count). The zero-order chi connectivity index (χ0) is 19.6. The van der Waals surface area contributed by atoms with Crippen LogP contribution in [0.2, 0.25) is 0 Å². The lowest BCUT2D eigenvalue weighted by Crippen LogP contribution is -2.38. The van der Waals surface area contributed by atoms with Crippen LogP contribution in [0.1, 0.15) is 51.6 Å². The van der Waals surface area contributed by atoms with Gasteiger partial charge in [0.2, 0.25) is 5.91 Å². The number of urea groups is 1. The quantitative estimate of drug-likeness (QED) is 0.830. The lowest BCUT2D eigenvalue weighted by atomic mass is 10.1. The smallest absolute Gasteiger partial charge is 0.322 e. The summed E-state index contributed by atoms with van der Waals surface area (Å²) in [4.78, 5) is 28.8. The average Bonchev–Trinajstić information content (AvgIpc) is 3.28. The monoisotopic (exact) mass is 375 g/mol. The summed E-state index contributed by atoms with van der Waals surface area (Å²) in [7, 11) is 1.80. The molecule has 2 heterocycles. The lowest BCUT2D eigenvalue weighted by molar-refractivity contribution is -0.129. The zero-order valence-electron chi connectivity index (χ0n) is 17.1. The van der Waals surface area contributed by atoms with Gasteiger partial charge in [0, 0.05) is 51.1 Å². The van der Waals surface area contributed by atoms with Gasteiger partial charge in [0.05, 0.1) is 5.69 Å². The van der Waals surface area contributed by atoms with E-state index >= 15 is 0 Å². The fourth-order valence-corrected chi connectivity index (χ4v) is 4.31. The Bertz CT molecular complexity index is 678. The largest absolute Gasteiger partial charge is 0.339 e. The lowest BCUT2D eigenvalue weighted by Gasteiger charge is -2.25. The second-order valence-electron chi connectivity index (χ2n) is 8.61. The van der Waals surface area contributed by atoms with Gasteiger partial charge in [-0.3, -0.25) is 10.1 Å². The van der Waals surface area contributed by atoms with Crippen molar-refractivity contribution in [2.45, 2.75) is 65.5 Å². The fraction of sp³-hybridized carbons (Fsp3) is 0.750. The summed E-state index contributed by atoms with van der Waals surface area (Å²) in [6.45, 7) is 8.33. The van der Waals surface area contributed by atoms with Crippen molar-refractivity contribution in [2.24, 2.45) is 11.8 Å². The Morgan fingerprint density at radius 3 is 2.74 bits per heavy atom. The predicted molar refractivity (Wildman–Crippen MR) is 106 cm³/mol. The van der Waals surface area contributed by atoms with Crippen LogP contribution in [0.15, 0.2) is 6.07 Å². The molecule has 1 saturated heterocycles. The van der Waals surface area contributed by atoms with E-state index in [0.29, 0.717) is 24.9 Å². The van der Waals surface area contributed by atoms with E-state index in [9.17, 15) is 9.59 Å². The molecule has 27 heavy (non-hydrogen) atoms. The zero-order valence-corrected chi connectivity index (χ0v) is 17.1. The number of anilines is 1. The molecule has 0 spiro atoms. The number of nitrogens with zero attached hydrogens (tertiary/aromatic N) is 4. The number of carbonyl (C=O) groups excluding carboxylic acids is 2. The molecular formula is C20H33N5O2. The number of hydrogen-bond donors (Lipinski definition) is 1. The number of aromatic nitrogens is 2. The highest BCUT2D eigenvalue weighted by Crippen LogP contribution is 2.29. The van der Waals surface area contributed by atoms with E-state index < -0.39 is 0 Å². The SMILES string of the molecule is Cc1cc(NC(=O)N(C)C[C@@H]2CC(=O)N(C3CCCC3)C2)n(CC(C)C)n1. The third kappa shape index (κ3) is 4.82. The summed E-state index contributed by atoms with van der Waals surface area (Å²) < 4.78 is 1.85. The molecule has 0 aromatic carbocycles. The first-order valence-corrected chi connectivity index (χ1v) is 10.2. The Hall–Kier alpha value is -2.05. The number of carbonyl (C=O) groups is 2. The molecule has 1 atom stereocenters. The molecule has 1 saturated carbocycles. The molecule has 2 fully saturated rings. The number of aryl methyl sites for hydroxylation is 1. The van der Waals surface area contributed by atoms with Crippen LogP contribution in [-0.2, 0) is 11.3 Å². The van der Waals surface area contributed by atoms with E-state index in [2.05, 4.69) is 29.2 Å². The molecule has 3 amide bonds. The molecule has 1 aliphatic heterocycles. The average molecular weight is 376 g/mol. The predicted octanol–water partition coefficient (Wildman–Crippen LogP) is 3.10. The van der Waals surface area contributed by atoms with Gasteiger partial charge in [-0.1, -0.05) is 26.7 Å². The van der Waals surface area contributed by atoms with Crippen molar-refractivity contribution in [1.29, 1.82) is 0 Å². The maximum Gasteiger partial charge on any atom is 0.322 e. The minimum Gasteiger partial charge on any atom is -0.339 e. The van der Waals surface area contributed by atoms with Crippen LogP contribution >= 0.6 is 0 Å². The summed E-state index contributed by atoms with van der Waals surface area (Å²) in [5, 5.41) is 7.44. The van der Waals surface area contributed by atoms with Crippen LogP contribution in [0, 0.1) is 18.8 Å². The molecule has 0 unspecified atom stereocenters. The topological polar surface area (TPSA) is 70.5 Å². The van der Waals surface area contributed by atoms with Gasteiger partial charge in [-0.05, 0) is 25.7 Å². The maximum absolute atomic E-state index is 12.6. The molecule has 7 nitrogen and oxygen atoms in total. The Labute approximate surface area is 162 Å². The molecule has 1 aromatic rings. The van der Waals surface area contributed by atoms with Gasteiger partial charge in [-0.15, -0.1) is 0 Å². The maximum atomic E-state index is 12.6. The molecule has 150 valence electrons. The van der Waals surface area contributed by atoms with Crippen LogP contribution in [-0.4, -0.2) is 57.7 Å². The van der Waals surface area contributed by atoms with Crippen molar-refractivity contribution < 1.29 is 9.59 Å². The van der Waals surface area contributed by atoms with Gasteiger partial charge < -0.3 is 9.80 Å². The first kappa shape index (κ1) is 19.7. The number of likely N-dealkylation sites (tertiary alicyclic amines) is 1. The molecule has 2 aliphatic rings. The van der Waals surface area contributed by atoms with Crippen LogP contribution in [0.3, 0.4) is 0 Å². The molecule has 0 radical (unpaired) electrons. The van der Waals surface area contributed by atoms with Crippen LogP contribution in [0.4, 0.5) is 10.6 Å². The standard InChI is InChI=1S/C20H33N5O2/c1-14(2)11-25-18(9-15(3)22-25)21-20(27)23(4)12-16-10-19(26)24(13-16)17-7-5-6-8-17/h9,14,16-17H,5-8,10-13H2,1-4H3,(H,21,27)/t16-/m0/s1. The highest BCUT2D eigenvalue weighted by Gasteiger charge is 2.36. The Morgan fingerprint density at radius 2 is 2.07 bits per heavy atom. The highest BCUT2D eigenvalue weighted by atomic mass is 16.2. The van der Waals surface area contributed by atoms with Crippen molar-refractivity contribution in [3.05, 3.63) is 11.8 Å². The highest BCUT2D eigenvalue weighted by molar-refractivity contribution is 5.88. The van der Waals surface area contributed by atoms with E-state index in [1.165, 1.54) is 12.8 Å². The molecule has 1 N–H and O–H groups in total. The first-order valence-electron chi connectivity index (χ1n) is 10.2. The first-order chi connectivity index (χ1) is 12.8. The van der Waals surface area contributed by atoms with Crippen LogP contribution in [0.25, 0.3) is 0 Å². The Morgan fingerprint density at radius 1 is 1.37 bits per heavy atom. The van der Waals surface area contributed by atoms with Crippen molar-refractivity contribution >= 4 is 17.8 Å². The minimum atomic E-state index is -0.147. The van der Waals surface area contributed by atoms with Gasteiger partial charge in [-0.2, -0.15) is 5.10 Å². The Kier molecular flexibility index (Phi) is 6.07. The van der Waals surface area contributed by atoms with E-state index in [1.54, 1.807) is 11.9 Å². The van der Waals surface area contributed by atoms with Crippen LogP contribution in [0.5, 0.6) is 0 Å². The van der Waals surface area contributed by atoms with Gasteiger partial charge in [0.1, 0.15) is 5.82 Å². The molecule has 7 heteroatoms. The summed E-state index contributed by atoms with van der Waals surface area (Å²) >= 11 is 0. The summed E-state index contributed by atoms with van der Waals surface area (Å²) in [6, 6.07) is 2.18. The molecule has 1 aromatic heterocycles. The van der Waals surface area contributed by atoms with Gasteiger partial charge >= 0.3 is 6.03 Å². The van der Waals surface area contributed by atoms with E-state index in [0.717, 1.165) is 37.4 Å².